The van der Waals surface area contributed by atoms with E-state index in [1.54, 1.807) is 24.3 Å². The second-order valence-corrected chi connectivity index (χ2v) is 9.50. The number of amides is 1. The van der Waals surface area contributed by atoms with Gasteiger partial charge in [0.25, 0.3) is 11.6 Å². The Morgan fingerprint density at radius 1 is 1.08 bits per heavy atom. The van der Waals surface area contributed by atoms with Crippen LogP contribution in [0, 0.1) is 24.0 Å². The van der Waals surface area contributed by atoms with E-state index >= 15 is 0 Å². The molecule has 1 amide bonds. The number of nitrogens with one attached hydrogen (secondary N) is 2. The van der Waals surface area contributed by atoms with Gasteiger partial charge in [-0.15, -0.1) is 0 Å². The van der Waals surface area contributed by atoms with Crippen molar-refractivity contribution < 1.29 is 14.1 Å². The molecular weight excluding hydrogens is 490 g/mol. The number of oxazole rings is 1. The first kappa shape index (κ1) is 24.4. The molecule has 4 aromatic rings. The third kappa shape index (κ3) is 5.14. The van der Waals surface area contributed by atoms with Crippen LogP contribution in [0.5, 0.6) is 0 Å². The number of aryl methyl sites for hydroxylation is 2. The van der Waals surface area contributed by atoms with Crippen molar-refractivity contribution in [1.82, 2.24) is 10.3 Å². The molecule has 2 heterocycles. The SMILES string of the molecule is Cc1cc(C)c2oc(-c3ccc(NC(=S)NC(=O)c4ccc(N5CCCC5)c([N+](=O)[O-])c4)cc3)nc2c1. The molecule has 0 atom stereocenters. The Bertz CT molecular complexity index is 1520. The van der Waals surface area contributed by atoms with Crippen LogP contribution in [0.25, 0.3) is 22.6 Å². The number of nitrogens with zero attached hydrogens (tertiary/aromatic N) is 3. The van der Waals surface area contributed by atoms with Crippen LogP contribution in [0.3, 0.4) is 0 Å². The molecule has 9 nitrogen and oxygen atoms in total. The first-order valence-electron chi connectivity index (χ1n) is 11.9. The molecule has 1 fully saturated rings. The van der Waals surface area contributed by atoms with E-state index in [9.17, 15) is 14.9 Å². The molecule has 3 aromatic carbocycles. The summed E-state index contributed by atoms with van der Waals surface area (Å²) >= 11 is 5.29. The maximum Gasteiger partial charge on any atom is 0.293 e. The van der Waals surface area contributed by atoms with Crippen molar-refractivity contribution in [2.75, 3.05) is 23.3 Å². The van der Waals surface area contributed by atoms with E-state index in [-0.39, 0.29) is 16.4 Å². The number of benzene rings is 3. The Hall–Kier alpha value is -4.31. The summed E-state index contributed by atoms with van der Waals surface area (Å²) in [6.07, 6.45) is 1.99. The number of nitro benzene ring substituents is 1. The quantitative estimate of drug-likeness (QED) is 0.196. The molecule has 0 unspecified atom stereocenters. The molecule has 5 rings (SSSR count). The lowest BCUT2D eigenvalue weighted by Crippen LogP contribution is -2.34. The normalized spacial score (nSPS) is 13.1. The molecule has 1 aromatic heterocycles. The minimum Gasteiger partial charge on any atom is -0.436 e. The Kier molecular flexibility index (Phi) is 6.58. The topological polar surface area (TPSA) is 114 Å². The number of hydrogen-bond acceptors (Lipinski definition) is 7. The van der Waals surface area contributed by atoms with Gasteiger partial charge < -0.3 is 14.6 Å². The minimum atomic E-state index is -0.526. The predicted octanol–water partition coefficient (Wildman–Crippen LogP) is 5.75. The van der Waals surface area contributed by atoms with Crippen LogP contribution < -0.4 is 15.5 Å². The highest BCUT2D eigenvalue weighted by molar-refractivity contribution is 7.80. The van der Waals surface area contributed by atoms with E-state index < -0.39 is 10.8 Å². The highest BCUT2D eigenvalue weighted by atomic mass is 32.1. The lowest BCUT2D eigenvalue weighted by atomic mass is 10.1. The number of rotatable bonds is 5. The standard InChI is InChI=1S/C27H25N5O4S/c1-16-13-17(2)24-21(14-16)29-26(36-24)18-5-8-20(9-6-18)28-27(37)30-25(33)19-7-10-22(23(15-19)32(34)35)31-11-3-4-12-31/h5-10,13-15H,3-4,11-12H2,1-2H3,(H2,28,30,33,37). The first-order valence-corrected chi connectivity index (χ1v) is 12.3. The van der Waals surface area contributed by atoms with Crippen molar-refractivity contribution in [1.29, 1.82) is 0 Å². The van der Waals surface area contributed by atoms with Crippen LogP contribution in [0.1, 0.15) is 34.3 Å². The summed E-state index contributed by atoms with van der Waals surface area (Å²) in [6.45, 7) is 5.55. The van der Waals surface area contributed by atoms with Crippen molar-refractivity contribution in [3.8, 4) is 11.5 Å². The summed E-state index contributed by atoms with van der Waals surface area (Å²) in [5.74, 6) is -0.00701. The second kappa shape index (κ2) is 9.98. The molecule has 10 heteroatoms. The van der Waals surface area contributed by atoms with Crippen LogP contribution in [0.15, 0.2) is 59.0 Å². The molecular formula is C27H25N5O4S. The number of hydrogen-bond donors (Lipinski definition) is 2. The molecule has 0 saturated carbocycles. The summed E-state index contributed by atoms with van der Waals surface area (Å²) in [5.41, 5.74) is 5.80. The molecule has 0 spiro atoms. The van der Waals surface area contributed by atoms with Gasteiger partial charge in [-0.2, -0.15) is 0 Å². The monoisotopic (exact) mass is 515 g/mol. The van der Waals surface area contributed by atoms with Crippen LogP contribution in [0.4, 0.5) is 17.1 Å². The number of carbonyl (C=O) groups is 1. The molecule has 0 aliphatic carbocycles. The summed E-state index contributed by atoms with van der Waals surface area (Å²) in [5, 5.41) is 17.3. The molecule has 37 heavy (non-hydrogen) atoms. The van der Waals surface area contributed by atoms with E-state index in [0.29, 0.717) is 17.3 Å². The van der Waals surface area contributed by atoms with Gasteiger partial charge in [0, 0.05) is 36.0 Å². The van der Waals surface area contributed by atoms with E-state index in [2.05, 4.69) is 21.7 Å². The van der Waals surface area contributed by atoms with Crippen LogP contribution in [0.2, 0.25) is 0 Å². The van der Waals surface area contributed by atoms with Gasteiger partial charge in [-0.05, 0) is 92.5 Å². The average molecular weight is 516 g/mol. The summed E-state index contributed by atoms with van der Waals surface area (Å²) in [6, 6.07) is 15.8. The van der Waals surface area contributed by atoms with Gasteiger partial charge in [0.1, 0.15) is 11.2 Å². The number of nitro groups is 1. The van der Waals surface area contributed by atoms with Gasteiger partial charge >= 0.3 is 0 Å². The highest BCUT2D eigenvalue weighted by Gasteiger charge is 2.24. The summed E-state index contributed by atoms with van der Waals surface area (Å²) in [7, 11) is 0. The van der Waals surface area contributed by atoms with E-state index in [4.69, 9.17) is 16.6 Å². The Balaban J connectivity index is 1.25. The molecule has 0 radical (unpaired) electrons. The smallest absolute Gasteiger partial charge is 0.293 e. The fourth-order valence-corrected chi connectivity index (χ4v) is 4.78. The van der Waals surface area contributed by atoms with Crippen molar-refractivity contribution >= 4 is 51.4 Å². The molecule has 0 bridgehead atoms. The van der Waals surface area contributed by atoms with E-state index in [1.807, 2.05) is 36.9 Å². The first-order chi connectivity index (χ1) is 17.8. The van der Waals surface area contributed by atoms with Crippen molar-refractivity contribution in [2.45, 2.75) is 26.7 Å². The van der Waals surface area contributed by atoms with Gasteiger partial charge in [0.05, 0.1) is 4.92 Å². The maximum atomic E-state index is 12.7. The van der Waals surface area contributed by atoms with Gasteiger partial charge in [0.2, 0.25) is 5.89 Å². The molecule has 2 N–H and O–H groups in total. The van der Waals surface area contributed by atoms with Crippen molar-refractivity contribution in [3.63, 3.8) is 0 Å². The Morgan fingerprint density at radius 3 is 2.51 bits per heavy atom. The Morgan fingerprint density at radius 2 is 1.81 bits per heavy atom. The van der Waals surface area contributed by atoms with E-state index in [0.717, 1.165) is 53.7 Å². The van der Waals surface area contributed by atoms with Crippen LogP contribution in [-0.2, 0) is 0 Å². The average Bonchev–Trinajstić information content (AvgIpc) is 3.54. The fraction of sp³-hybridized carbons (Fsp3) is 0.222. The summed E-state index contributed by atoms with van der Waals surface area (Å²) in [4.78, 5) is 30.5. The zero-order valence-corrected chi connectivity index (χ0v) is 21.2. The number of thiocarbonyl (C=S) groups is 1. The number of anilines is 2. The van der Waals surface area contributed by atoms with Crippen LogP contribution >= 0.6 is 12.2 Å². The Labute approximate surface area is 218 Å². The largest absolute Gasteiger partial charge is 0.436 e. The molecule has 1 aliphatic heterocycles. The van der Waals surface area contributed by atoms with Crippen LogP contribution in [-0.4, -0.2) is 34.0 Å². The maximum absolute atomic E-state index is 12.7. The van der Waals surface area contributed by atoms with E-state index in [1.165, 1.54) is 6.07 Å². The lowest BCUT2D eigenvalue weighted by Gasteiger charge is -2.18. The summed E-state index contributed by atoms with van der Waals surface area (Å²) < 4.78 is 5.96. The minimum absolute atomic E-state index is 0.0805. The third-order valence-corrected chi connectivity index (χ3v) is 6.52. The number of aromatic nitrogens is 1. The number of fused-ring (bicyclic) bond motifs is 1. The zero-order chi connectivity index (χ0) is 26.1. The predicted molar refractivity (Wildman–Crippen MR) is 147 cm³/mol. The third-order valence-electron chi connectivity index (χ3n) is 6.32. The lowest BCUT2D eigenvalue weighted by molar-refractivity contribution is -0.384. The van der Waals surface area contributed by atoms with Crippen molar-refractivity contribution in [3.05, 3.63) is 81.4 Å². The van der Waals surface area contributed by atoms with Gasteiger partial charge in [-0.25, -0.2) is 4.98 Å². The molecule has 188 valence electrons. The molecule has 1 aliphatic rings. The molecule has 1 saturated heterocycles. The highest BCUT2D eigenvalue weighted by Crippen LogP contribution is 2.32. The second-order valence-electron chi connectivity index (χ2n) is 9.09. The van der Waals surface area contributed by atoms with Gasteiger partial charge in [-0.1, -0.05) is 6.07 Å². The fourth-order valence-electron chi connectivity index (χ4n) is 4.57. The van der Waals surface area contributed by atoms with Gasteiger partial charge in [0.15, 0.2) is 10.7 Å². The van der Waals surface area contributed by atoms with Crippen molar-refractivity contribution in [2.24, 2.45) is 0 Å². The number of carbonyl (C=O) groups excluding carboxylic acids is 1. The van der Waals surface area contributed by atoms with Gasteiger partial charge in [-0.3, -0.25) is 20.2 Å². The zero-order valence-electron chi connectivity index (χ0n) is 20.4.